The summed E-state index contributed by atoms with van der Waals surface area (Å²) in [5.41, 5.74) is 1.27. The van der Waals surface area contributed by atoms with Crippen molar-refractivity contribution in [1.82, 2.24) is 10.2 Å². The zero-order chi connectivity index (χ0) is 16.7. The molecule has 0 spiro atoms. The number of methoxy groups -OCH3 is 1. The lowest BCUT2D eigenvalue weighted by Gasteiger charge is -2.32. The minimum Gasteiger partial charge on any atom is -0.469 e. The zero-order valence-electron chi connectivity index (χ0n) is 14.0. The highest BCUT2D eigenvalue weighted by atomic mass is 16.5. The first-order chi connectivity index (χ1) is 11.1. The Bertz CT molecular complexity index is 518. The fraction of sp³-hybridized carbons (Fsp3) is 0.556. The van der Waals surface area contributed by atoms with Gasteiger partial charge in [0.05, 0.1) is 19.4 Å². The van der Waals surface area contributed by atoms with Crippen LogP contribution in [0.3, 0.4) is 0 Å². The van der Waals surface area contributed by atoms with E-state index in [4.69, 9.17) is 0 Å². The van der Waals surface area contributed by atoms with Crippen LogP contribution in [0.15, 0.2) is 30.3 Å². The molecule has 126 valence electrons. The molecule has 0 aliphatic carbocycles. The third-order valence-corrected chi connectivity index (χ3v) is 4.21. The molecule has 0 aromatic heterocycles. The SMILES string of the molecule is COC(=O)C[C@@H](C)NC(=O)[C@@H]1CCCN(Cc2ccccc2)C1. The highest BCUT2D eigenvalue weighted by Gasteiger charge is 2.26. The van der Waals surface area contributed by atoms with Crippen molar-refractivity contribution in [3.8, 4) is 0 Å². The van der Waals surface area contributed by atoms with Gasteiger partial charge in [-0.05, 0) is 31.9 Å². The highest BCUT2D eigenvalue weighted by Crippen LogP contribution is 2.19. The lowest BCUT2D eigenvalue weighted by molar-refractivity contribution is -0.141. The van der Waals surface area contributed by atoms with Crippen molar-refractivity contribution in [2.24, 2.45) is 5.92 Å². The van der Waals surface area contributed by atoms with Crippen LogP contribution in [0.4, 0.5) is 0 Å². The maximum atomic E-state index is 12.4. The van der Waals surface area contributed by atoms with Crippen molar-refractivity contribution in [3.63, 3.8) is 0 Å². The second kappa shape index (κ2) is 8.67. The number of amides is 1. The summed E-state index contributed by atoms with van der Waals surface area (Å²) in [6.45, 7) is 4.50. The van der Waals surface area contributed by atoms with Crippen LogP contribution >= 0.6 is 0 Å². The molecule has 5 nitrogen and oxygen atoms in total. The van der Waals surface area contributed by atoms with E-state index in [9.17, 15) is 9.59 Å². The van der Waals surface area contributed by atoms with Crippen LogP contribution in [-0.4, -0.2) is 43.0 Å². The van der Waals surface area contributed by atoms with E-state index in [0.29, 0.717) is 0 Å². The molecule has 1 saturated heterocycles. The van der Waals surface area contributed by atoms with Crippen LogP contribution in [0.5, 0.6) is 0 Å². The van der Waals surface area contributed by atoms with E-state index in [-0.39, 0.29) is 30.3 Å². The lowest BCUT2D eigenvalue weighted by Crippen LogP contribution is -2.45. The molecule has 1 aliphatic heterocycles. The van der Waals surface area contributed by atoms with Crippen molar-refractivity contribution in [1.29, 1.82) is 0 Å². The van der Waals surface area contributed by atoms with Crippen LogP contribution in [-0.2, 0) is 20.9 Å². The Hall–Kier alpha value is -1.88. The molecule has 1 N–H and O–H groups in total. The van der Waals surface area contributed by atoms with Gasteiger partial charge >= 0.3 is 5.97 Å². The van der Waals surface area contributed by atoms with Crippen molar-refractivity contribution >= 4 is 11.9 Å². The Morgan fingerprint density at radius 2 is 2.09 bits per heavy atom. The summed E-state index contributed by atoms with van der Waals surface area (Å²) in [5, 5.41) is 2.93. The number of hydrogen-bond donors (Lipinski definition) is 1. The van der Waals surface area contributed by atoms with Crippen LogP contribution in [0.25, 0.3) is 0 Å². The minimum atomic E-state index is -0.299. The number of piperidine rings is 1. The first-order valence-corrected chi connectivity index (χ1v) is 8.22. The number of esters is 1. The van der Waals surface area contributed by atoms with Gasteiger partial charge in [0.25, 0.3) is 0 Å². The minimum absolute atomic E-state index is 0.00689. The number of carbonyl (C=O) groups is 2. The van der Waals surface area contributed by atoms with E-state index in [1.165, 1.54) is 12.7 Å². The molecular formula is C18H26N2O3. The molecule has 2 atom stereocenters. The van der Waals surface area contributed by atoms with Crippen LogP contribution in [0.1, 0.15) is 31.7 Å². The van der Waals surface area contributed by atoms with Crippen molar-refractivity contribution in [3.05, 3.63) is 35.9 Å². The van der Waals surface area contributed by atoms with Gasteiger partial charge in [-0.2, -0.15) is 0 Å². The van der Waals surface area contributed by atoms with Gasteiger partial charge in [0, 0.05) is 19.1 Å². The van der Waals surface area contributed by atoms with Gasteiger partial charge in [0.15, 0.2) is 0 Å². The Kier molecular flexibility index (Phi) is 6.59. The topological polar surface area (TPSA) is 58.6 Å². The number of hydrogen-bond acceptors (Lipinski definition) is 4. The average Bonchev–Trinajstić information content (AvgIpc) is 2.55. The van der Waals surface area contributed by atoms with Crippen LogP contribution in [0.2, 0.25) is 0 Å². The Morgan fingerprint density at radius 3 is 2.78 bits per heavy atom. The quantitative estimate of drug-likeness (QED) is 0.815. The van der Waals surface area contributed by atoms with Crippen LogP contribution < -0.4 is 5.32 Å². The molecule has 0 saturated carbocycles. The van der Waals surface area contributed by atoms with E-state index in [2.05, 4.69) is 27.1 Å². The predicted molar refractivity (Wildman–Crippen MR) is 88.7 cm³/mol. The number of benzene rings is 1. The molecule has 2 rings (SSSR count). The second-order valence-corrected chi connectivity index (χ2v) is 6.25. The Balaban J connectivity index is 1.83. The largest absolute Gasteiger partial charge is 0.469 e. The van der Waals surface area contributed by atoms with Gasteiger partial charge in [-0.15, -0.1) is 0 Å². The molecule has 0 bridgehead atoms. The summed E-state index contributed by atoms with van der Waals surface area (Å²) in [7, 11) is 1.36. The molecule has 1 heterocycles. The number of nitrogens with zero attached hydrogens (tertiary/aromatic N) is 1. The van der Waals surface area contributed by atoms with E-state index in [1.54, 1.807) is 0 Å². The van der Waals surface area contributed by atoms with E-state index in [1.807, 2.05) is 25.1 Å². The fourth-order valence-electron chi connectivity index (χ4n) is 3.00. The third kappa shape index (κ3) is 5.67. The summed E-state index contributed by atoms with van der Waals surface area (Å²) in [6.07, 6.45) is 2.14. The van der Waals surface area contributed by atoms with Gasteiger partial charge in [0.2, 0.25) is 5.91 Å². The van der Waals surface area contributed by atoms with Gasteiger partial charge in [-0.3, -0.25) is 14.5 Å². The third-order valence-electron chi connectivity index (χ3n) is 4.21. The molecule has 1 aliphatic rings. The molecule has 1 fully saturated rings. The van der Waals surface area contributed by atoms with Gasteiger partial charge < -0.3 is 10.1 Å². The molecule has 23 heavy (non-hydrogen) atoms. The molecular weight excluding hydrogens is 292 g/mol. The maximum Gasteiger partial charge on any atom is 0.307 e. The molecule has 0 radical (unpaired) electrons. The maximum absolute atomic E-state index is 12.4. The predicted octanol–water partition coefficient (Wildman–Crippen LogP) is 1.97. The van der Waals surface area contributed by atoms with Crippen LogP contribution in [0, 0.1) is 5.92 Å². The summed E-state index contributed by atoms with van der Waals surface area (Å²) >= 11 is 0. The van der Waals surface area contributed by atoms with Gasteiger partial charge in [0.1, 0.15) is 0 Å². The van der Waals surface area contributed by atoms with E-state index >= 15 is 0 Å². The lowest BCUT2D eigenvalue weighted by atomic mass is 9.96. The fourth-order valence-corrected chi connectivity index (χ4v) is 3.00. The average molecular weight is 318 g/mol. The molecule has 1 amide bonds. The first kappa shape index (κ1) is 17.5. The van der Waals surface area contributed by atoms with E-state index in [0.717, 1.165) is 32.5 Å². The normalized spacial score (nSPS) is 19.8. The Labute approximate surface area is 138 Å². The standard InChI is InChI=1S/C18H26N2O3/c1-14(11-17(21)23-2)19-18(22)16-9-6-10-20(13-16)12-15-7-4-3-5-8-15/h3-5,7-8,14,16H,6,9-13H2,1-2H3,(H,19,22)/t14-,16-/m1/s1. The second-order valence-electron chi connectivity index (χ2n) is 6.25. The molecule has 5 heteroatoms. The highest BCUT2D eigenvalue weighted by molar-refractivity contribution is 5.80. The smallest absolute Gasteiger partial charge is 0.307 e. The molecule has 1 aromatic carbocycles. The molecule has 0 unspecified atom stereocenters. The van der Waals surface area contributed by atoms with Crippen molar-refractivity contribution < 1.29 is 14.3 Å². The number of ether oxygens (including phenoxy) is 1. The Morgan fingerprint density at radius 1 is 1.35 bits per heavy atom. The summed E-state index contributed by atoms with van der Waals surface area (Å²) < 4.78 is 4.63. The first-order valence-electron chi connectivity index (χ1n) is 8.22. The molecule has 1 aromatic rings. The van der Waals surface area contributed by atoms with Gasteiger partial charge in [-0.1, -0.05) is 30.3 Å². The number of rotatable bonds is 6. The van der Waals surface area contributed by atoms with E-state index < -0.39 is 0 Å². The summed E-state index contributed by atoms with van der Waals surface area (Å²) in [5.74, 6) is -0.265. The van der Waals surface area contributed by atoms with Crippen molar-refractivity contribution in [2.75, 3.05) is 20.2 Å². The monoisotopic (exact) mass is 318 g/mol. The number of nitrogens with one attached hydrogen (secondary N) is 1. The number of likely N-dealkylation sites (tertiary alicyclic amines) is 1. The van der Waals surface area contributed by atoms with Crippen molar-refractivity contribution in [2.45, 2.75) is 38.8 Å². The zero-order valence-corrected chi connectivity index (χ0v) is 14.0. The van der Waals surface area contributed by atoms with Gasteiger partial charge in [-0.25, -0.2) is 0 Å². The number of carbonyl (C=O) groups excluding carboxylic acids is 2. The summed E-state index contributed by atoms with van der Waals surface area (Å²) in [4.78, 5) is 26.0. The summed E-state index contributed by atoms with van der Waals surface area (Å²) in [6, 6.07) is 10.1.